The number of β-amino-alcohol motifs (C(OH)–C–C–N with tert-alkyl or cyclic N) is 1. The number of pyridine rings is 1. The van der Waals surface area contributed by atoms with Crippen molar-refractivity contribution in [3.63, 3.8) is 0 Å². The number of aromatic nitrogens is 1. The summed E-state index contributed by atoms with van der Waals surface area (Å²) < 4.78 is 5.39. The first-order valence-electron chi connectivity index (χ1n) is 8.71. The summed E-state index contributed by atoms with van der Waals surface area (Å²) in [5, 5.41) is 10.8. The first-order chi connectivity index (χ1) is 11.1. The van der Waals surface area contributed by atoms with Gasteiger partial charge in [-0.2, -0.15) is 0 Å². The Labute approximate surface area is 139 Å². The predicted molar refractivity (Wildman–Crippen MR) is 92.0 cm³/mol. The summed E-state index contributed by atoms with van der Waals surface area (Å²) >= 11 is 0. The zero-order chi connectivity index (χ0) is 16.3. The molecule has 1 aromatic rings. The van der Waals surface area contributed by atoms with Crippen molar-refractivity contribution >= 4 is 5.82 Å². The Balaban J connectivity index is 1.65. The van der Waals surface area contributed by atoms with E-state index in [0.717, 1.165) is 38.3 Å². The summed E-state index contributed by atoms with van der Waals surface area (Å²) in [5.74, 6) is 1.55. The molecule has 0 spiro atoms. The summed E-state index contributed by atoms with van der Waals surface area (Å²) in [4.78, 5) is 8.91. The molecule has 0 bridgehead atoms. The largest absolute Gasteiger partial charge is 0.388 e. The third-order valence-corrected chi connectivity index (χ3v) is 5.15. The number of nitrogens with zero attached hydrogens (tertiary/aromatic N) is 3. The van der Waals surface area contributed by atoms with Crippen LogP contribution in [-0.4, -0.2) is 67.5 Å². The standard InChI is InChI=1S/C18H29N3O2/c1-20(2)17-12-15(5-8-19-17)16-4-3-9-21(13-16)14-18(22)6-10-23-11-7-18/h5,8,12,16,22H,3-4,6-7,9-11,13-14H2,1-2H3/t16-/m1/s1. The summed E-state index contributed by atoms with van der Waals surface area (Å²) in [7, 11) is 4.06. The molecule has 2 fully saturated rings. The van der Waals surface area contributed by atoms with Crippen molar-refractivity contribution in [1.29, 1.82) is 0 Å². The lowest BCUT2D eigenvalue weighted by molar-refractivity contribution is -0.0824. The van der Waals surface area contributed by atoms with Gasteiger partial charge in [0.15, 0.2) is 0 Å². The third kappa shape index (κ3) is 4.22. The van der Waals surface area contributed by atoms with Gasteiger partial charge in [-0.25, -0.2) is 4.98 Å². The molecule has 2 aliphatic heterocycles. The fourth-order valence-corrected chi connectivity index (χ4v) is 3.73. The van der Waals surface area contributed by atoms with Crippen molar-refractivity contribution in [1.82, 2.24) is 9.88 Å². The van der Waals surface area contributed by atoms with E-state index in [1.807, 2.05) is 20.3 Å². The highest BCUT2D eigenvalue weighted by atomic mass is 16.5. The molecule has 2 saturated heterocycles. The number of aliphatic hydroxyl groups is 1. The van der Waals surface area contributed by atoms with Crippen LogP contribution < -0.4 is 4.90 Å². The Bertz CT molecular complexity index is 515. The lowest BCUT2D eigenvalue weighted by atomic mass is 9.88. The van der Waals surface area contributed by atoms with E-state index < -0.39 is 5.60 Å². The molecular weight excluding hydrogens is 290 g/mol. The minimum Gasteiger partial charge on any atom is -0.388 e. The van der Waals surface area contributed by atoms with E-state index in [1.54, 1.807) is 0 Å². The Morgan fingerprint density at radius 2 is 2.17 bits per heavy atom. The van der Waals surface area contributed by atoms with Crippen LogP contribution in [0, 0.1) is 0 Å². The van der Waals surface area contributed by atoms with Gasteiger partial charge in [-0.15, -0.1) is 0 Å². The maximum Gasteiger partial charge on any atom is 0.128 e. The van der Waals surface area contributed by atoms with E-state index in [4.69, 9.17) is 4.74 Å². The third-order valence-electron chi connectivity index (χ3n) is 5.15. The van der Waals surface area contributed by atoms with Gasteiger partial charge in [0.25, 0.3) is 0 Å². The zero-order valence-corrected chi connectivity index (χ0v) is 14.4. The van der Waals surface area contributed by atoms with Gasteiger partial charge < -0.3 is 14.7 Å². The van der Waals surface area contributed by atoms with Crippen LogP contribution in [0.2, 0.25) is 0 Å². The summed E-state index contributed by atoms with van der Waals surface area (Å²) in [5.41, 5.74) is 0.806. The predicted octanol–water partition coefficient (Wildman–Crippen LogP) is 1.87. The zero-order valence-electron chi connectivity index (χ0n) is 14.4. The topological polar surface area (TPSA) is 48.8 Å². The first kappa shape index (κ1) is 16.7. The Hall–Kier alpha value is -1.17. The minimum atomic E-state index is -0.562. The molecule has 0 saturated carbocycles. The van der Waals surface area contributed by atoms with Gasteiger partial charge in [0.1, 0.15) is 5.82 Å². The van der Waals surface area contributed by atoms with Gasteiger partial charge in [0.2, 0.25) is 0 Å². The summed E-state index contributed by atoms with van der Waals surface area (Å²) in [6, 6.07) is 4.35. The van der Waals surface area contributed by atoms with Crippen LogP contribution in [0.25, 0.3) is 0 Å². The maximum absolute atomic E-state index is 10.8. The van der Waals surface area contributed by atoms with Crippen molar-refractivity contribution in [3.05, 3.63) is 23.9 Å². The number of likely N-dealkylation sites (tertiary alicyclic amines) is 1. The van der Waals surface area contributed by atoms with Gasteiger partial charge in [-0.1, -0.05) is 0 Å². The molecule has 1 N–H and O–H groups in total. The van der Waals surface area contributed by atoms with Crippen LogP contribution in [0.1, 0.15) is 37.2 Å². The van der Waals surface area contributed by atoms with Crippen LogP contribution in [0.3, 0.4) is 0 Å². The van der Waals surface area contributed by atoms with Gasteiger partial charge >= 0.3 is 0 Å². The molecule has 128 valence electrons. The van der Waals surface area contributed by atoms with E-state index in [1.165, 1.54) is 18.4 Å². The van der Waals surface area contributed by atoms with E-state index in [-0.39, 0.29) is 0 Å². The summed E-state index contributed by atoms with van der Waals surface area (Å²) in [6.07, 6.45) is 5.84. The van der Waals surface area contributed by atoms with Crippen molar-refractivity contribution in [2.45, 2.75) is 37.2 Å². The van der Waals surface area contributed by atoms with Crippen LogP contribution in [0.5, 0.6) is 0 Å². The molecule has 23 heavy (non-hydrogen) atoms. The van der Waals surface area contributed by atoms with E-state index in [9.17, 15) is 5.11 Å². The van der Waals surface area contributed by atoms with Crippen LogP contribution in [-0.2, 0) is 4.74 Å². The number of hydrogen-bond acceptors (Lipinski definition) is 5. The molecule has 0 radical (unpaired) electrons. The lowest BCUT2D eigenvalue weighted by Crippen LogP contribution is -2.49. The van der Waals surface area contributed by atoms with E-state index in [0.29, 0.717) is 19.1 Å². The summed E-state index contributed by atoms with van der Waals surface area (Å²) in [6.45, 7) is 4.26. The Morgan fingerprint density at radius 3 is 2.91 bits per heavy atom. The van der Waals surface area contributed by atoms with Crippen LogP contribution in [0.15, 0.2) is 18.3 Å². The fourth-order valence-electron chi connectivity index (χ4n) is 3.73. The van der Waals surface area contributed by atoms with Crippen LogP contribution in [0.4, 0.5) is 5.82 Å². The molecule has 0 amide bonds. The molecule has 0 unspecified atom stereocenters. The molecule has 0 aliphatic carbocycles. The average molecular weight is 319 g/mol. The first-order valence-corrected chi connectivity index (χ1v) is 8.71. The normalized spacial score (nSPS) is 25.3. The highest BCUT2D eigenvalue weighted by Gasteiger charge is 2.33. The average Bonchev–Trinajstić information content (AvgIpc) is 2.55. The smallest absolute Gasteiger partial charge is 0.128 e. The maximum atomic E-state index is 10.8. The number of anilines is 1. The second-order valence-corrected chi connectivity index (χ2v) is 7.25. The molecule has 2 aliphatic rings. The van der Waals surface area contributed by atoms with E-state index in [2.05, 4.69) is 26.9 Å². The highest BCUT2D eigenvalue weighted by molar-refractivity contribution is 5.40. The second-order valence-electron chi connectivity index (χ2n) is 7.25. The van der Waals surface area contributed by atoms with Gasteiger partial charge in [0, 0.05) is 59.4 Å². The van der Waals surface area contributed by atoms with Gasteiger partial charge in [-0.3, -0.25) is 4.90 Å². The highest BCUT2D eigenvalue weighted by Crippen LogP contribution is 2.30. The molecule has 1 aromatic heterocycles. The van der Waals surface area contributed by atoms with Gasteiger partial charge in [0.05, 0.1) is 5.60 Å². The molecule has 1 atom stereocenters. The van der Waals surface area contributed by atoms with Crippen LogP contribution >= 0.6 is 0 Å². The van der Waals surface area contributed by atoms with Crippen molar-refractivity contribution in [2.24, 2.45) is 0 Å². The second kappa shape index (κ2) is 7.16. The molecule has 3 rings (SSSR count). The number of ether oxygens (including phenoxy) is 1. The number of hydrogen-bond donors (Lipinski definition) is 1. The Morgan fingerprint density at radius 1 is 1.39 bits per heavy atom. The van der Waals surface area contributed by atoms with Gasteiger partial charge in [-0.05, 0) is 43.0 Å². The monoisotopic (exact) mass is 319 g/mol. The Kier molecular flexibility index (Phi) is 5.19. The fraction of sp³-hybridized carbons (Fsp3) is 0.722. The SMILES string of the molecule is CN(C)c1cc([C@@H]2CCCN(CC3(O)CCOCC3)C2)ccn1. The number of rotatable bonds is 4. The minimum absolute atomic E-state index is 0.536. The molecule has 5 heteroatoms. The van der Waals surface area contributed by atoms with Crippen molar-refractivity contribution < 1.29 is 9.84 Å². The number of piperidine rings is 1. The molecule has 0 aromatic carbocycles. The van der Waals surface area contributed by atoms with Crippen molar-refractivity contribution in [3.8, 4) is 0 Å². The molecule has 5 nitrogen and oxygen atoms in total. The van der Waals surface area contributed by atoms with Crippen molar-refractivity contribution in [2.75, 3.05) is 51.8 Å². The lowest BCUT2D eigenvalue weighted by Gasteiger charge is -2.40. The van der Waals surface area contributed by atoms with E-state index >= 15 is 0 Å². The molecule has 3 heterocycles. The quantitative estimate of drug-likeness (QED) is 0.918. The molecular formula is C18H29N3O2.